The van der Waals surface area contributed by atoms with E-state index in [2.05, 4.69) is 15.3 Å². The van der Waals surface area contributed by atoms with Crippen LogP contribution in [0, 0.1) is 0 Å². The molecule has 5 nitrogen and oxygen atoms in total. The van der Waals surface area contributed by atoms with Gasteiger partial charge in [-0.3, -0.25) is 0 Å². The van der Waals surface area contributed by atoms with E-state index >= 15 is 0 Å². The summed E-state index contributed by atoms with van der Waals surface area (Å²) in [6.45, 7) is 0. The van der Waals surface area contributed by atoms with Crippen molar-refractivity contribution in [1.29, 1.82) is 0 Å². The molecular formula is C11H13N5. The summed E-state index contributed by atoms with van der Waals surface area (Å²) >= 11 is 0. The molecule has 0 atom stereocenters. The molecule has 0 aromatic carbocycles. The Hall–Kier alpha value is -2.17. The summed E-state index contributed by atoms with van der Waals surface area (Å²) in [5, 5.41) is 11.6. The molecule has 0 radical (unpaired) electrons. The highest BCUT2D eigenvalue weighted by Gasteiger charge is 2.04. The molecule has 0 amide bonds. The third-order valence-corrected chi connectivity index (χ3v) is 2.02. The molecule has 1 aromatic heterocycles. The number of aromatic nitrogens is 3. The van der Waals surface area contributed by atoms with Gasteiger partial charge in [0.05, 0.1) is 6.21 Å². The molecule has 1 heterocycles. The van der Waals surface area contributed by atoms with Crippen molar-refractivity contribution in [3.8, 4) is 0 Å². The molecule has 0 unspecified atom stereocenters. The fraction of sp³-hybridized carbons (Fsp3) is 0.182. The maximum atomic E-state index is 4.20. The van der Waals surface area contributed by atoms with E-state index in [0.29, 0.717) is 0 Å². The second-order valence-corrected chi connectivity index (χ2v) is 3.62. The van der Waals surface area contributed by atoms with E-state index in [1.54, 1.807) is 23.5 Å². The van der Waals surface area contributed by atoms with Gasteiger partial charge in [0.2, 0.25) is 0 Å². The Morgan fingerprint density at radius 1 is 1.31 bits per heavy atom. The predicted molar refractivity (Wildman–Crippen MR) is 62.9 cm³/mol. The molecule has 0 aliphatic heterocycles. The van der Waals surface area contributed by atoms with Gasteiger partial charge in [-0.05, 0) is 5.57 Å². The summed E-state index contributed by atoms with van der Waals surface area (Å²) in [5.41, 5.74) is 2.21. The van der Waals surface area contributed by atoms with E-state index in [9.17, 15) is 0 Å². The first-order chi connectivity index (χ1) is 7.75. The Labute approximate surface area is 94.1 Å². The number of hydrogen-bond acceptors (Lipinski definition) is 4. The fourth-order valence-electron chi connectivity index (χ4n) is 1.34. The van der Waals surface area contributed by atoms with Crippen molar-refractivity contribution in [1.82, 2.24) is 19.8 Å². The Balaban J connectivity index is 2.12. The predicted octanol–water partition coefficient (Wildman–Crippen LogP) is 1.05. The fourth-order valence-corrected chi connectivity index (χ4v) is 1.34. The summed E-state index contributed by atoms with van der Waals surface area (Å²) in [7, 11) is 3.99. The van der Waals surface area contributed by atoms with Crippen molar-refractivity contribution in [3.05, 3.63) is 48.2 Å². The van der Waals surface area contributed by atoms with Crippen LogP contribution in [0.1, 0.15) is 0 Å². The minimum atomic E-state index is 1.07. The molecule has 0 bridgehead atoms. The van der Waals surface area contributed by atoms with E-state index in [1.807, 2.05) is 43.4 Å². The van der Waals surface area contributed by atoms with Crippen LogP contribution in [0.2, 0.25) is 0 Å². The van der Waals surface area contributed by atoms with Gasteiger partial charge in [0.15, 0.2) is 0 Å². The first-order valence-electron chi connectivity index (χ1n) is 4.91. The number of rotatable bonds is 3. The third kappa shape index (κ3) is 2.44. The van der Waals surface area contributed by atoms with Crippen molar-refractivity contribution in [2.24, 2.45) is 5.10 Å². The largest absolute Gasteiger partial charge is 0.383 e. The van der Waals surface area contributed by atoms with E-state index in [-0.39, 0.29) is 0 Å². The van der Waals surface area contributed by atoms with Gasteiger partial charge in [0.1, 0.15) is 12.7 Å². The zero-order valence-electron chi connectivity index (χ0n) is 9.28. The summed E-state index contributed by atoms with van der Waals surface area (Å²) in [6.07, 6.45) is 13.0. The molecule has 16 heavy (non-hydrogen) atoms. The molecule has 1 aromatic rings. The lowest BCUT2D eigenvalue weighted by molar-refractivity contribution is 0.561. The monoisotopic (exact) mass is 215 g/mol. The van der Waals surface area contributed by atoms with Crippen molar-refractivity contribution >= 4 is 6.21 Å². The number of hydrogen-bond donors (Lipinski definition) is 0. The second-order valence-electron chi connectivity index (χ2n) is 3.62. The molecule has 82 valence electrons. The minimum Gasteiger partial charge on any atom is -0.383 e. The van der Waals surface area contributed by atoms with Crippen LogP contribution < -0.4 is 0 Å². The van der Waals surface area contributed by atoms with E-state index < -0.39 is 0 Å². The van der Waals surface area contributed by atoms with Crippen LogP contribution in [0.4, 0.5) is 0 Å². The van der Waals surface area contributed by atoms with Crippen LogP contribution in [-0.4, -0.2) is 40.1 Å². The van der Waals surface area contributed by atoms with Gasteiger partial charge in [-0.1, -0.05) is 18.2 Å². The van der Waals surface area contributed by atoms with Crippen LogP contribution in [0.25, 0.3) is 0 Å². The zero-order valence-corrected chi connectivity index (χ0v) is 9.28. The van der Waals surface area contributed by atoms with E-state index in [4.69, 9.17) is 0 Å². The topological polar surface area (TPSA) is 46.3 Å². The van der Waals surface area contributed by atoms with Crippen molar-refractivity contribution in [2.75, 3.05) is 14.1 Å². The molecule has 0 saturated heterocycles. The lowest BCUT2D eigenvalue weighted by Gasteiger charge is -2.06. The van der Waals surface area contributed by atoms with Gasteiger partial charge in [-0.2, -0.15) is 5.10 Å². The molecule has 0 fully saturated rings. The standard InChI is InChI=1S/C11H13N5/c1-15(2)7-11-5-3-4-10(11)6-14-16-8-12-13-9-16/h3-9H,1-2H3/b11-7-,14-6+. The zero-order chi connectivity index (χ0) is 11.4. The Kier molecular flexibility index (Phi) is 2.95. The molecule has 5 heteroatoms. The maximum Gasteiger partial charge on any atom is 0.141 e. The highest BCUT2D eigenvalue weighted by atomic mass is 15.4. The Morgan fingerprint density at radius 2 is 2.06 bits per heavy atom. The molecule has 1 aliphatic carbocycles. The van der Waals surface area contributed by atoms with Crippen LogP contribution in [0.3, 0.4) is 0 Å². The van der Waals surface area contributed by atoms with Crippen molar-refractivity contribution in [2.45, 2.75) is 0 Å². The first-order valence-corrected chi connectivity index (χ1v) is 4.91. The molecule has 0 spiro atoms. The van der Waals surface area contributed by atoms with Crippen LogP contribution in [0.15, 0.2) is 53.3 Å². The number of allylic oxidation sites excluding steroid dienone is 5. The summed E-state index contributed by atoms with van der Waals surface area (Å²) in [5.74, 6) is 0. The maximum absolute atomic E-state index is 4.20. The van der Waals surface area contributed by atoms with Gasteiger partial charge < -0.3 is 4.90 Å². The van der Waals surface area contributed by atoms with Gasteiger partial charge in [-0.15, -0.1) is 10.2 Å². The molecule has 1 aliphatic rings. The third-order valence-electron chi connectivity index (χ3n) is 2.02. The average Bonchev–Trinajstić information content (AvgIpc) is 2.84. The lowest BCUT2D eigenvalue weighted by Crippen LogP contribution is -2.03. The van der Waals surface area contributed by atoms with Gasteiger partial charge in [-0.25, -0.2) is 4.68 Å². The Morgan fingerprint density at radius 3 is 2.75 bits per heavy atom. The highest BCUT2D eigenvalue weighted by molar-refractivity contribution is 5.88. The molecular weight excluding hydrogens is 202 g/mol. The smallest absolute Gasteiger partial charge is 0.141 e. The van der Waals surface area contributed by atoms with Gasteiger partial charge >= 0.3 is 0 Å². The highest BCUT2D eigenvalue weighted by Crippen LogP contribution is 2.16. The molecule has 0 saturated carbocycles. The summed E-state index contributed by atoms with van der Waals surface area (Å²) < 4.78 is 1.56. The summed E-state index contributed by atoms with van der Waals surface area (Å²) in [4.78, 5) is 2.01. The lowest BCUT2D eigenvalue weighted by atomic mass is 10.2. The minimum absolute atomic E-state index is 1.07. The summed E-state index contributed by atoms with van der Waals surface area (Å²) in [6, 6.07) is 0. The second kappa shape index (κ2) is 4.57. The SMILES string of the molecule is CN(C)/C=C1/C=CC=C1/C=N/n1cnnc1. The van der Waals surface area contributed by atoms with E-state index in [0.717, 1.165) is 11.1 Å². The van der Waals surface area contributed by atoms with Crippen molar-refractivity contribution < 1.29 is 0 Å². The van der Waals surface area contributed by atoms with Gasteiger partial charge in [0, 0.05) is 25.9 Å². The normalized spacial score (nSPS) is 17.4. The Bertz CT molecular complexity index is 463. The molecule has 2 rings (SSSR count). The van der Waals surface area contributed by atoms with Gasteiger partial charge in [0.25, 0.3) is 0 Å². The molecule has 0 N–H and O–H groups in total. The number of nitrogens with zero attached hydrogens (tertiary/aromatic N) is 5. The van der Waals surface area contributed by atoms with Crippen LogP contribution in [0.5, 0.6) is 0 Å². The van der Waals surface area contributed by atoms with E-state index in [1.165, 1.54) is 0 Å². The van der Waals surface area contributed by atoms with Crippen LogP contribution >= 0.6 is 0 Å². The average molecular weight is 215 g/mol. The van der Waals surface area contributed by atoms with Crippen LogP contribution in [-0.2, 0) is 0 Å². The first kappa shape index (κ1) is 10.4. The van der Waals surface area contributed by atoms with Crippen molar-refractivity contribution in [3.63, 3.8) is 0 Å². The quantitative estimate of drug-likeness (QED) is 0.708.